The molecule has 0 saturated heterocycles. The van der Waals surface area contributed by atoms with E-state index in [1.165, 1.54) is 19.6 Å². The Balaban J connectivity index is 2.48. The zero-order chi connectivity index (χ0) is 14.1. The standard InChI is InChI=1S/C14H23NO4/c1-18-11-14(8-4-3-5-9-14)13(17)15-10-6-7-12(16)19-2/h6-7H,3-5,8-11H2,1-2H3,(H,15,17)/b7-6+. The fraction of sp³-hybridized carbons (Fsp3) is 0.714. The lowest BCUT2D eigenvalue weighted by molar-refractivity contribution is -0.137. The Kier molecular flexibility index (Phi) is 6.56. The molecule has 1 saturated carbocycles. The van der Waals surface area contributed by atoms with E-state index >= 15 is 0 Å². The largest absolute Gasteiger partial charge is 0.466 e. The first-order chi connectivity index (χ1) is 9.14. The van der Waals surface area contributed by atoms with E-state index in [1.807, 2.05) is 0 Å². The summed E-state index contributed by atoms with van der Waals surface area (Å²) in [7, 11) is 2.95. The van der Waals surface area contributed by atoms with Gasteiger partial charge in [0.2, 0.25) is 5.91 Å². The zero-order valence-corrected chi connectivity index (χ0v) is 11.7. The third-order valence-electron chi connectivity index (χ3n) is 3.55. The van der Waals surface area contributed by atoms with Gasteiger partial charge >= 0.3 is 5.97 Å². The Morgan fingerprint density at radius 1 is 1.21 bits per heavy atom. The van der Waals surface area contributed by atoms with Gasteiger partial charge in [-0.2, -0.15) is 0 Å². The molecule has 0 aromatic heterocycles. The Bertz CT molecular complexity index is 327. The number of hydrogen-bond donors (Lipinski definition) is 1. The Hall–Kier alpha value is -1.36. The highest BCUT2D eigenvalue weighted by Crippen LogP contribution is 2.36. The van der Waals surface area contributed by atoms with Crippen LogP contribution in [0.5, 0.6) is 0 Å². The molecule has 0 unspecified atom stereocenters. The molecule has 0 aromatic rings. The van der Waals surface area contributed by atoms with Crippen LogP contribution in [-0.4, -0.2) is 39.2 Å². The normalized spacial score (nSPS) is 18.2. The highest BCUT2D eigenvalue weighted by Gasteiger charge is 2.39. The monoisotopic (exact) mass is 269 g/mol. The van der Waals surface area contributed by atoms with E-state index in [9.17, 15) is 9.59 Å². The van der Waals surface area contributed by atoms with Crippen LogP contribution < -0.4 is 5.32 Å². The average Bonchev–Trinajstić information content (AvgIpc) is 2.44. The van der Waals surface area contributed by atoms with Crippen LogP contribution in [0.15, 0.2) is 12.2 Å². The second-order valence-corrected chi connectivity index (χ2v) is 4.91. The van der Waals surface area contributed by atoms with Crippen molar-refractivity contribution in [3.8, 4) is 0 Å². The molecule has 1 aliphatic rings. The number of methoxy groups -OCH3 is 2. The molecule has 108 valence electrons. The van der Waals surface area contributed by atoms with E-state index in [-0.39, 0.29) is 5.91 Å². The van der Waals surface area contributed by atoms with Crippen molar-refractivity contribution in [2.75, 3.05) is 27.4 Å². The molecule has 5 nitrogen and oxygen atoms in total. The SMILES string of the molecule is COCC1(C(=O)NC/C=C/C(=O)OC)CCCCC1. The quantitative estimate of drug-likeness (QED) is 0.585. The Labute approximate surface area is 114 Å². The summed E-state index contributed by atoms with van der Waals surface area (Å²) in [5.41, 5.74) is -0.397. The van der Waals surface area contributed by atoms with Gasteiger partial charge in [0.25, 0.3) is 0 Å². The maximum Gasteiger partial charge on any atom is 0.330 e. The number of hydrogen-bond acceptors (Lipinski definition) is 4. The maximum atomic E-state index is 12.3. The molecule has 0 bridgehead atoms. The molecule has 0 heterocycles. The third-order valence-corrected chi connectivity index (χ3v) is 3.55. The van der Waals surface area contributed by atoms with Gasteiger partial charge in [0.1, 0.15) is 0 Å². The van der Waals surface area contributed by atoms with Crippen LogP contribution >= 0.6 is 0 Å². The average molecular weight is 269 g/mol. The van der Waals surface area contributed by atoms with E-state index in [4.69, 9.17) is 4.74 Å². The number of carbonyl (C=O) groups is 2. The summed E-state index contributed by atoms with van der Waals surface area (Å²) >= 11 is 0. The summed E-state index contributed by atoms with van der Waals surface area (Å²) in [6, 6.07) is 0. The number of amides is 1. The topological polar surface area (TPSA) is 64.6 Å². The third kappa shape index (κ3) is 4.67. The van der Waals surface area contributed by atoms with Crippen molar-refractivity contribution in [3.05, 3.63) is 12.2 Å². The fourth-order valence-corrected chi connectivity index (χ4v) is 2.50. The number of nitrogens with one attached hydrogen (secondary N) is 1. The summed E-state index contributed by atoms with van der Waals surface area (Å²) in [6.07, 6.45) is 7.95. The highest BCUT2D eigenvalue weighted by atomic mass is 16.5. The Morgan fingerprint density at radius 2 is 1.89 bits per heavy atom. The molecule has 0 atom stereocenters. The van der Waals surface area contributed by atoms with Gasteiger partial charge in [-0.3, -0.25) is 4.79 Å². The van der Waals surface area contributed by atoms with Gasteiger partial charge in [-0.15, -0.1) is 0 Å². The summed E-state index contributed by atoms with van der Waals surface area (Å²) in [5.74, 6) is -0.401. The number of ether oxygens (including phenoxy) is 2. The molecule has 0 aliphatic heterocycles. The van der Waals surface area contributed by atoms with E-state index in [0.29, 0.717) is 13.2 Å². The summed E-state index contributed by atoms with van der Waals surface area (Å²) in [5, 5.41) is 2.84. The minimum atomic E-state index is -0.418. The first-order valence-electron chi connectivity index (χ1n) is 6.66. The minimum absolute atomic E-state index is 0.0172. The molecule has 5 heteroatoms. The van der Waals surface area contributed by atoms with E-state index < -0.39 is 11.4 Å². The van der Waals surface area contributed by atoms with Gasteiger partial charge in [0, 0.05) is 19.7 Å². The smallest absolute Gasteiger partial charge is 0.330 e. The lowest BCUT2D eigenvalue weighted by atomic mass is 9.74. The number of carbonyl (C=O) groups excluding carboxylic acids is 2. The van der Waals surface area contributed by atoms with E-state index in [2.05, 4.69) is 10.1 Å². The van der Waals surface area contributed by atoms with Gasteiger partial charge in [0.05, 0.1) is 19.1 Å². The second kappa shape index (κ2) is 7.94. The zero-order valence-electron chi connectivity index (χ0n) is 11.7. The molecule has 1 N–H and O–H groups in total. The van der Waals surface area contributed by atoms with Gasteiger partial charge in [-0.25, -0.2) is 4.79 Å². The van der Waals surface area contributed by atoms with Crippen molar-refractivity contribution in [2.24, 2.45) is 5.41 Å². The van der Waals surface area contributed by atoms with Crippen LogP contribution in [0.1, 0.15) is 32.1 Å². The fourth-order valence-electron chi connectivity index (χ4n) is 2.50. The first kappa shape index (κ1) is 15.7. The summed E-state index contributed by atoms with van der Waals surface area (Å²) < 4.78 is 9.69. The maximum absolute atomic E-state index is 12.3. The van der Waals surface area contributed by atoms with Crippen molar-refractivity contribution in [1.29, 1.82) is 0 Å². The molecule has 1 amide bonds. The number of esters is 1. The highest BCUT2D eigenvalue weighted by molar-refractivity contribution is 5.84. The second-order valence-electron chi connectivity index (χ2n) is 4.91. The Morgan fingerprint density at radius 3 is 2.47 bits per heavy atom. The minimum Gasteiger partial charge on any atom is -0.466 e. The van der Waals surface area contributed by atoms with Gasteiger partial charge in [-0.1, -0.05) is 25.3 Å². The van der Waals surface area contributed by atoms with Crippen LogP contribution in [0.3, 0.4) is 0 Å². The lowest BCUT2D eigenvalue weighted by Crippen LogP contribution is -2.45. The predicted molar refractivity (Wildman–Crippen MR) is 71.6 cm³/mol. The summed E-state index contributed by atoms with van der Waals surface area (Å²) in [4.78, 5) is 23.2. The first-order valence-corrected chi connectivity index (χ1v) is 6.66. The molecule has 0 spiro atoms. The van der Waals surface area contributed by atoms with E-state index in [0.717, 1.165) is 25.7 Å². The van der Waals surface area contributed by atoms with Crippen molar-refractivity contribution in [1.82, 2.24) is 5.32 Å². The van der Waals surface area contributed by atoms with Crippen molar-refractivity contribution in [3.63, 3.8) is 0 Å². The number of rotatable bonds is 6. The van der Waals surface area contributed by atoms with E-state index in [1.54, 1.807) is 13.2 Å². The van der Waals surface area contributed by atoms with Crippen molar-refractivity contribution >= 4 is 11.9 Å². The molecular formula is C14H23NO4. The molecule has 0 aromatic carbocycles. The molecule has 19 heavy (non-hydrogen) atoms. The van der Waals surface area contributed by atoms with Crippen molar-refractivity contribution < 1.29 is 19.1 Å². The molecule has 1 rings (SSSR count). The molecule has 1 aliphatic carbocycles. The molecule has 0 radical (unpaired) electrons. The van der Waals surface area contributed by atoms with Crippen LogP contribution in [0.2, 0.25) is 0 Å². The van der Waals surface area contributed by atoms with Gasteiger partial charge in [0.15, 0.2) is 0 Å². The van der Waals surface area contributed by atoms with Crippen LogP contribution in [0.25, 0.3) is 0 Å². The van der Waals surface area contributed by atoms with Gasteiger partial charge in [-0.05, 0) is 12.8 Å². The van der Waals surface area contributed by atoms with Crippen molar-refractivity contribution in [2.45, 2.75) is 32.1 Å². The van der Waals surface area contributed by atoms with Gasteiger partial charge < -0.3 is 14.8 Å². The van der Waals surface area contributed by atoms with Crippen LogP contribution in [0, 0.1) is 5.41 Å². The van der Waals surface area contributed by atoms with Crippen LogP contribution in [0.4, 0.5) is 0 Å². The predicted octanol–water partition coefficient (Wildman–Crippen LogP) is 1.43. The van der Waals surface area contributed by atoms with Crippen LogP contribution in [-0.2, 0) is 19.1 Å². The molecular weight excluding hydrogens is 246 g/mol. The lowest BCUT2D eigenvalue weighted by Gasteiger charge is -2.35. The molecule has 1 fully saturated rings. The summed E-state index contributed by atoms with van der Waals surface area (Å²) in [6.45, 7) is 0.791.